The summed E-state index contributed by atoms with van der Waals surface area (Å²) in [6.45, 7) is 4.68. The van der Waals surface area contributed by atoms with Crippen LogP contribution in [0.3, 0.4) is 0 Å². The van der Waals surface area contributed by atoms with Crippen LogP contribution in [-0.2, 0) is 33.3 Å². The normalized spacial score (nSPS) is 13.0. The molecule has 0 rings (SSSR count). The number of carbonyl (C=O) groups excluding carboxylic acids is 3. The van der Waals surface area contributed by atoms with Gasteiger partial charge >= 0.3 is 11.9 Å². The standard InChI is InChI=1S/C72H131NO8/c1-6-8-10-12-14-16-18-20-22-24-26-28-29-30-31-32-33-34-35-36-37-38-39-40-41-43-45-47-49-51-53-55-57-59-61-63-70(75)81-68(67-80-72(71(76)77)78-65-64-73(3,4)5)66-79-69(74)62-60-58-56-54-52-50-48-46-44-42-27-25-23-21-19-17-15-13-11-9-7-2/h8,10,14,16,20,22,25-28,68,72H,6-7,9,11-13,15,17-19,21,23-24,29-67H2,1-5H3/b10-8-,16-14-,22-20-,27-25-,28-26-. The average Bonchev–Trinajstić information content (AvgIpc) is 3.44. The van der Waals surface area contributed by atoms with Crippen LogP contribution in [0.25, 0.3) is 0 Å². The van der Waals surface area contributed by atoms with Gasteiger partial charge in [0, 0.05) is 12.8 Å². The van der Waals surface area contributed by atoms with Gasteiger partial charge in [0.2, 0.25) is 0 Å². The van der Waals surface area contributed by atoms with Gasteiger partial charge in [0.15, 0.2) is 12.4 Å². The first-order valence-electron chi connectivity index (χ1n) is 34.4. The smallest absolute Gasteiger partial charge is 0.306 e. The van der Waals surface area contributed by atoms with E-state index in [1.165, 1.54) is 231 Å². The fourth-order valence-electron chi connectivity index (χ4n) is 10.00. The van der Waals surface area contributed by atoms with Gasteiger partial charge in [-0.3, -0.25) is 9.59 Å². The molecule has 0 bridgehead atoms. The summed E-state index contributed by atoms with van der Waals surface area (Å²) in [5.41, 5.74) is 0. The van der Waals surface area contributed by atoms with Crippen molar-refractivity contribution in [2.24, 2.45) is 0 Å². The summed E-state index contributed by atoms with van der Waals surface area (Å²) >= 11 is 0. The van der Waals surface area contributed by atoms with Crippen LogP contribution in [0, 0.1) is 0 Å². The van der Waals surface area contributed by atoms with Crippen molar-refractivity contribution in [3.8, 4) is 0 Å². The first-order chi connectivity index (χ1) is 39.6. The lowest BCUT2D eigenvalue weighted by Gasteiger charge is -2.26. The lowest BCUT2D eigenvalue weighted by molar-refractivity contribution is -0.870. The molecule has 0 aromatic rings. The maximum absolute atomic E-state index is 12.9. The SMILES string of the molecule is CC/C=C\C/C=C\C/C=C\C/C=C\CCCCCCCCCCCCCCCCCCCCCCCCC(=O)OC(COC(=O)CCCCCCCCCCC/C=C\CCCCCCCCCC)COC(OCC[N+](C)(C)C)C(=O)[O-]. The molecule has 0 aliphatic rings. The van der Waals surface area contributed by atoms with E-state index in [1.54, 1.807) is 0 Å². The maximum Gasteiger partial charge on any atom is 0.306 e. The Bertz CT molecular complexity index is 1510. The van der Waals surface area contributed by atoms with Crippen molar-refractivity contribution in [2.75, 3.05) is 47.5 Å². The third kappa shape index (κ3) is 64.4. The fourth-order valence-corrected chi connectivity index (χ4v) is 10.00. The number of ether oxygens (including phenoxy) is 4. The van der Waals surface area contributed by atoms with Crippen LogP contribution >= 0.6 is 0 Å². The van der Waals surface area contributed by atoms with Crippen LogP contribution in [0.4, 0.5) is 0 Å². The van der Waals surface area contributed by atoms with Gasteiger partial charge in [-0.25, -0.2) is 0 Å². The van der Waals surface area contributed by atoms with Crippen molar-refractivity contribution in [1.82, 2.24) is 0 Å². The summed E-state index contributed by atoms with van der Waals surface area (Å²) < 4.78 is 22.8. The molecule has 0 heterocycles. The second-order valence-corrected chi connectivity index (χ2v) is 24.4. The summed E-state index contributed by atoms with van der Waals surface area (Å²) in [7, 11) is 5.94. The van der Waals surface area contributed by atoms with E-state index in [0.717, 1.165) is 57.8 Å². The van der Waals surface area contributed by atoms with Gasteiger partial charge in [0.25, 0.3) is 0 Å². The third-order valence-electron chi connectivity index (χ3n) is 15.2. The summed E-state index contributed by atoms with van der Waals surface area (Å²) in [4.78, 5) is 37.4. The number of esters is 2. The minimum Gasteiger partial charge on any atom is -0.545 e. The number of carbonyl (C=O) groups is 3. The molecule has 9 nitrogen and oxygen atoms in total. The lowest BCUT2D eigenvalue weighted by Crippen LogP contribution is -2.44. The van der Waals surface area contributed by atoms with Crippen LogP contribution in [-0.4, -0.2) is 82.3 Å². The number of rotatable bonds is 64. The van der Waals surface area contributed by atoms with Crippen molar-refractivity contribution in [1.29, 1.82) is 0 Å². The minimum atomic E-state index is -1.62. The number of nitrogens with zero attached hydrogens (tertiary/aromatic N) is 1. The molecule has 0 spiro atoms. The van der Waals surface area contributed by atoms with Gasteiger partial charge < -0.3 is 33.3 Å². The second-order valence-electron chi connectivity index (χ2n) is 24.4. The first kappa shape index (κ1) is 78.0. The molecule has 0 aliphatic carbocycles. The van der Waals surface area contributed by atoms with E-state index in [0.29, 0.717) is 23.9 Å². The van der Waals surface area contributed by atoms with Crippen LogP contribution in [0.2, 0.25) is 0 Å². The van der Waals surface area contributed by atoms with E-state index >= 15 is 0 Å². The molecular weight excluding hydrogens is 1010 g/mol. The molecule has 2 atom stereocenters. The highest BCUT2D eigenvalue weighted by atomic mass is 16.7. The Morgan fingerprint density at radius 2 is 0.704 bits per heavy atom. The Morgan fingerprint density at radius 1 is 0.383 bits per heavy atom. The van der Waals surface area contributed by atoms with Gasteiger partial charge in [0.1, 0.15) is 13.2 Å². The molecule has 0 N–H and O–H groups in total. The summed E-state index contributed by atoms with van der Waals surface area (Å²) in [6, 6.07) is 0. The Labute approximate surface area is 501 Å². The van der Waals surface area contributed by atoms with Gasteiger partial charge in [-0.15, -0.1) is 0 Å². The fraction of sp³-hybridized carbons (Fsp3) is 0.819. The maximum atomic E-state index is 12.9. The predicted molar refractivity (Wildman–Crippen MR) is 343 cm³/mol. The summed E-state index contributed by atoms with van der Waals surface area (Å²) in [5, 5.41) is 11.8. The van der Waals surface area contributed by atoms with E-state index in [4.69, 9.17) is 18.9 Å². The van der Waals surface area contributed by atoms with Gasteiger partial charge in [-0.1, -0.05) is 293 Å². The summed E-state index contributed by atoms with van der Waals surface area (Å²) in [5.74, 6) is -2.26. The van der Waals surface area contributed by atoms with E-state index in [2.05, 4.69) is 74.6 Å². The second kappa shape index (κ2) is 63.0. The number of aliphatic carboxylic acids is 1. The van der Waals surface area contributed by atoms with E-state index in [9.17, 15) is 19.5 Å². The number of quaternary nitrogens is 1. The molecule has 0 aromatic carbocycles. The Balaban J connectivity index is 4.05. The van der Waals surface area contributed by atoms with Crippen molar-refractivity contribution in [3.63, 3.8) is 0 Å². The Hall–Kier alpha value is -3.01. The summed E-state index contributed by atoms with van der Waals surface area (Å²) in [6.07, 6.45) is 78.8. The molecular formula is C72H131NO8. The highest BCUT2D eigenvalue weighted by molar-refractivity contribution is 5.70. The zero-order valence-corrected chi connectivity index (χ0v) is 53.9. The zero-order valence-electron chi connectivity index (χ0n) is 53.9. The van der Waals surface area contributed by atoms with Gasteiger partial charge in [0.05, 0.1) is 40.3 Å². The van der Waals surface area contributed by atoms with Crippen LogP contribution < -0.4 is 5.11 Å². The minimum absolute atomic E-state index is 0.149. The first-order valence-corrected chi connectivity index (χ1v) is 34.4. The molecule has 0 saturated carbocycles. The topological polar surface area (TPSA) is 111 Å². The van der Waals surface area contributed by atoms with Crippen LogP contribution in [0.1, 0.15) is 322 Å². The molecule has 0 saturated heterocycles. The molecule has 2 unspecified atom stereocenters. The zero-order chi connectivity index (χ0) is 59.1. The van der Waals surface area contributed by atoms with Crippen LogP contribution in [0.15, 0.2) is 60.8 Å². The van der Waals surface area contributed by atoms with E-state index in [-0.39, 0.29) is 32.2 Å². The Morgan fingerprint density at radius 3 is 1.06 bits per heavy atom. The highest BCUT2D eigenvalue weighted by Gasteiger charge is 2.22. The highest BCUT2D eigenvalue weighted by Crippen LogP contribution is 2.18. The molecule has 0 fully saturated rings. The molecule has 0 amide bonds. The monoisotopic (exact) mass is 1140 g/mol. The van der Waals surface area contributed by atoms with Crippen molar-refractivity contribution >= 4 is 17.9 Å². The Kier molecular flexibility index (Phi) is 60.7. The van der Waals surface area contributed by atoms with Crippen molar-refractivity contribution in [2.45, 2.75) is 334 Å². The van der Waals surface area contributed by atoms with E-state index < -0.39 is 24.3 Å². The molecule has 0 radical (unpaired) electrons. The largest absolute Gasteiger partial charge is 0.545 e. The van der Waals surface area contributed by atoms with Crippen LogP contribution in [0.5, 0.6) is 0 Å². The number of unbranched alkanes of at least 4 members (excludes halogenated alkanes) is 39. The number of allylic oxidation sites excluding steroid dienone is 10. The number of carboxylic acid groups (broad SMARTS) is 1. The number of hydrogen-bond donors (Lipinski definition) is 0. The number of likely N-dealkylation sites (N-methyl/N-ethyl adjacent to an activating group) is 1. The van der Waals surface area contributed by atoms with E-state index in [1.807, 2.05) is 21.1 Å². The van der Waals surface area contributed by atoms with Crippen molar-refractivity contribution in [3.05, 3.63) is 60.8 Å². The lowest BCUT2D eigenvalue weighted by atomic mass is 10.0. The number of carboxylic acids is 1. The molecule has 0 aliphatic heterocycles. The van der Waals surface area contributed by atoms with Gasteiger partial charge in [-0.05, 0) is 77.0 Å². The quantitative estimate of drug-likeness (QED) is 0.0195. The third-order valence-corrected chi connectivity index (χ3v) is 15.2. The van der Waals surface area contributed by atoms with Crippen molar-refractivity contribution < 1.29 is 42.9 Å². The predicted octanol–water partition coefficient (Wildman–Crippen LogP) is 19.8. The number of hydrogen-bond acceptors (Lipinski definition) is 8. The van der Waals surface area contributed by atoms with Gasteiger partial charge in [-0.2, -0.15) is 0 Å². The molecule has 0 aromatic heterocycles. The molecule has 81 heavy (non-hydrogen) atoms. The molecule has 472 valence electrons. The average molecular weight is 1140 g/mol. The molecule has 9 heteroatoms.